The van der Waals surface area contributed by atoms with E-state index in [9.17, 15) is 4.79 Å². The van der Waals surface area contributed by atoms with Crippen LogP contribution in [0.25, 0.3) is 0 Å². The van der Waals surface area contributed by atoms with E-state index in [4.69, 9.17) is 16.3 Å². The minimum absolute atomic E-state index is 0.111. The van der Waals surface area contributed by atoms with Gasteiger partial charge in [-0.1, -0.05) is 23.2 Å². The van der Waals surface area contributed by atoms with Gasteiger partial charge in [-0.15, -0.1) is 0 Å². The number of fused-ring (bicyclic) bond motifs is 1. The van der Waals surface area contributed by atoms with Crippen LogP contribution in [0.15, 0.2) is 36.4 Å². The summed E-state index contributed by atoms with van der Waals surface area (Å²) < 4.78 is 20.9. The third kappa shape index (κ3) is 1.98. The zero-order chi connectivity index (χ0) is 15.2. The van der Waals surface area contributed by atoms with Gasteiger partial charge in [-0.2, -0.15) is 0 Å². The molecule has 0 spiro atoms. The molecule has 0 aliphatic carbocycles. The predicted molar refractivity (Wildman–Crippen MR) is 79.7 cm³/mol. The van der Waals surface area contributed by atoms with Crippen LogP contribution in [-0.4, -0.2) is 13.0 Å². The van der Waals surface area contributed by atoms with Crippen molar-refractivity contribution < 1.29 is 13.9 Å². The van der Waals surface area contributed by atoms with Crippen LogP contribution in [0, 0.1) is 6.92 Å². The molecular formula is C16H13ClFNO2. The van der Waals surface area contributed by atoms with Crippen molar-refractivity contribution in [2.75, 3.05) is 12.4 Å². The average Bonchev–Trinajstić information content (AvgIpc) is 2.72. The summed E-state index contributed by atoms with van der Waals surface area (Å²) >= 11 is 5.97. The van der Waals surface area contributed by atoms with E-state index in [1.165, 1.54) is 13.2 Å². The lowest BCUT2D eigenvalue weighted by atomic mass is 9.88. The molecule has 2 aromatic carbocycles. The summed E-state index contributed by atoms with van der Waals surface area (Å²) in [4.78, 5) is 12.3. The van der Waals surface area contributed by atoms with Gasteiger partial charge in [-0.05, 0) is 37.3 Å². The summed E-state index contributed by atoms with van der Waals surface area (Å²) in [6, 6.07) is 9.75. The van der Waals surface area contributed by atoms with Gasteiger partial charge in [-0.3, -0.25) is 4.79 Å². The molecule has 1 amide bonds. The molecule has 0 fully saturated rings. The number of aryl methyl sites for hydroxylation is 1. The molecule has 1 aliphatic heterocycles. The van der Waals surface area contributed by atoms with E-state index in [1.807, 2.05) is 13.0 Å². The van der Waals surface area contributed by atoms with Gasteiger partial charge in [0.25, 0.3) is 5.91 Å². The molecule has 108 valence electrons. The van der Waals surface area contributed by atoms with Crippen molar-refractivity contribution in [2.45, 2.75) is 12.6 Å². The molecule has 1 N–H and O–H groups in total. The van der Waals surface area contributed by atoms with Gasteiger partial charge < -0.3 is 10.1 Å². The fourth-order valence-electron chi connectivity index (χ4n) is 2.60. The second-order valence-electron chi connectivity index (χ2n) is 5.01. The summed E-state index contributed by atoms with van der Waals surface area (Å²) in [5, 5.41) is 2.92. The number of ether oxygens (including phenoxy) is 1. The number of hydrogen-bond acceptors (Lipinski definition) is 2. The van der Waals surface area contributed by atoms with Gasteiger partial charge >= 0.3 is 0 Å². The van der Waals surface area contributed by atoms with E-state index in [0.29, 0.717) is 10.7 Å². The van der Waals surface area contributed by atoms with Crippen LogP contribution in [0.3, 0.4) is 0 Å². The van der Waals surface area contributed by atoms with Crippen molar-refractivity contribution >= 4 is 23.2 Å². The van der Waals surface area contributed by atoms with Crippen molar-refractivity contribution in [3.8, 4) is 5.75 Å². The molecule has 21 heavy (non-hydrogen) atoms. The maximum atomic E-state index is 15.7. The number of halogens is 2. The number of benzene rings is 2. The molecular weight excluding hydrogens is 293 g/mol. The second-order valence-corrected chi connectivity index (χ2v) is 5.44. The van der Waals surface area contributed by atoms with Crippen LogP contribution in [0.4, 0.5) is 10.1 Å². The smallest absolute Gasteiger partial charge is 0.271 e. The molecule has 5 heteroatoms. The van der Waals surface area contributed by atoms with E-state index in [2.05, 4.69) is 5.32 Å². The summed E-state index contributed by atoms with van der Waals surface area (Å²) in [5.41, 5.74) is -0.576. The number of alkyl halides is 1. The molecule has 3 nitrogen and oxygen atoms in total. The maximum absolute atomic E-state index is 15.7. The van der Waals surface area contributed by atoms with Crippen LogP contribution in [-0.2, 0) is 10.5 Å². The van der Waals surface area contributed by atoms with Crippen LogP contribution in [0.5, 0.6) is 5.75 Å². The molecule has 0 saturated carbocycles. The lowest BCUT2D eigenvalue weighted by Gasteiger charge is -2.21. The summed E-state index contributed by atoms with van der Waals surface area (Å²) in [5.74, 6) is -0.449. The molecule has 1 heterocycles. The number of anilines is 1. The van der Waals surface area contributed by atoms with Crippen LogP contribution in [0.2, 0.25) is 5.02 Å². The van der Waals surface area contributed by atoms with Gasteiger partial charge in [-0.25, -0.2) is 4.39 Å². The molecule has 1 atom stereocenters. The number of hydrogen-bond donors (Lipinski definition) is 1. The van der Waals surface area contributed by atoms with Crippen molar-refractivity contribution in [3.63, 3.8) is 0 Å². The first-order valence-electron chi connectivity index (χ1n) is 6.42. The monoisotopic (exact) mass is 305 g/mol. The van der Waals surface area contributed by atoms with E-state index in [1.54, 1.807) is 24.3 Å². The summed E-state index contributed by atoms with van der Waals surface area (Å²) in [6.07, 6.45) is 0. The number of rotatable bonds is 2. The van der Waals surface area contributed by atoms with E-state index in [-0.39, 0.29) is 16.9 Å². The molecule has 1 unspecified atom stereocenters. The minimum Gasteiger partial charge on any atom is -0.496 e. The van der Waals surface area contributed by atoms with E-state index >= 15 is 4.39 Å². The lowest BCUT2D eigenvalue weighted by Crippen LogP contribution is -2.31. The Morgan fingerprint density at radius 2 is 1.95 bits per heavy atom. The molecule has 3 rings (SSSR count). The Kier molecular flexibility index (Phi) is 3.14. The molecule has 2 aromatic rings. The van der Waals surface area contributed by atoms with E-state index < -0.39 is 11.6 Å². The first-order valence-corrected chi connectivity index (χ1v) is 6.80. The number of nitrogens with one attached hydrogen (secondary N) is 1. The highest BCUT2D eigenvalue weighted by Crippen LogP contribution is 2.47. The number of methoxy groups -OCH3 is 1. The summed E-state index contributed by atoms with van der Waals surface area (Å²) in [6.45, 7) is 1.85. The van der Waals surface area contributed by atoms with E-state index in [0.717, 1.165) is 5.56 Å². The van der Waals surface area contributed by atoms with Gasteiger partial charge in [0.2, 0.25) is 5.67 Å². The first-order chi connectivity index (χ1) is 9.96. The van der Waals surface area contributed by atoms with Gasteiger partial charge in [0.15, 0.2) is 0 Å². The molecule has 0 radical (unpaired) electrons. The van der Waals surface area contributed by atoms with Crippen LogP contribution in [0.1, 0.15) is 16.7 Å². The number of amides is 1. The quantitative estimate of drug-likeness (QED) is 0.916. The highest BCUT2D eigenvalue weighted by Gasteiger charge is 2.51. The third-order valence-corrected chi connectivity index (χ3v) is 3.88. The fourth-order valence-corrected chi connectivity index (χ4v) is 2.77. The molecule has 1 aliphatic rings. The van der Waals surface area contributed by atoms with Crippen molar-refractivity contribution in [1.82, 2.24) is 0 Å². The van der Waals surface area contributed by atoms with Crippen LogP contribution < -0.4 is 10.1 Å². The Morgan fingerprint density at radius 3 is 2.67 bits per heavy atom. The van der Waals surface area contributed by atoms with Crippen molar-refractivity contribution in [2.24, 2.45) is 0 Å². The van der Waals surface area contributed by atoms with Crippen molar-refractivity contribution in [1.29, 1.82) is 0 Å². The minimum atomic E-state index is -2.31. The van der Waals surface area contributed by atoms with Crippen LogP contribution >= 0.6 is 11.6 Å². The standard InChI is InChI=1S/C16H13ClFNO2/c1-9-3-5-13-11(7-9)16(18,15(20)19-13)12-8-10(17)4-6-14(12)21-2/h3-8H,1-2H3,(H,19,20). The number of carbonyl (C=O) groups is 1. The SMILES string of the molecule is COc1ccc(Cl)cc1C1(F)C(=O)Nc2ccc(C)cc21. The average molecular weight is 306 g/mol. The topological polar surface area (TPSA) is 38.3 Å². The predicted octanol–water partition coefficient (Wildman–Crippen LogP) is 3.82. The highest BCUT2D eigenvalue weighted by molar-refractivity contribution is 6.30. The Balaban J connectivity index is 2.29. The number of carbonyl (C=O) groups excluding carboxylic acids is 1. The molecule has 0 aromatic heterocycles. The zero-order valence-electron chi connectivity index (χ0n) is 11.5. The van der Waals surface area contributed by atoms with Gasteiger partial charge in [0.05, 0.1) is 7.11 Å². The largest absolute Gasteiger partial charge is 0.496 e. The third-order valence-electron chi connectivity index (χ3n) is 3.64. The maximum Gasteiger partial charge on any atom is 0.271 e. The Labute approximate surface area is 126 Å². The lowest BCUT2D eigenvalue weighted by molar-refractivity contribution is -0.124. The first kappa shape index (κ1) is 13.9. The zero-order valence-corrected chi connectivity index (χ0v) is 12.3. The Morgan fingerprint density at radius 1 is 1.19 bits per heavy atom. The van der Waals surface area contributed by atoms with Crippen molar-refractivity contribution in [3.05, 3.63) is 58.1 Å². The van der Waals surface area contributed by atoms with Gasteiger partial charge in [0, 0.05) is 21.8 Å². The molecule has 0 bridgehead atoms. The van der Waals surface area contributed by atoms with Gasteiger partial charge in [0.1, 0.15) is 5.75 Å². The Hall–Kier alpha value is -2.07. The highest BCUT2D eigenvalue weighted by atomic mass is 35.5. The normalized spacial score (nSPS) is 20.1. The fraction of sp³-hybridized carbons (Fsp3) is 0.188. The second kappa shape index (κ2) is 4.74. The summed E-state index contributed by atoms with van der Waals surface area (Å²) in [7, 11) is 1.43. The molecule has 0 saturated heterocycles. The Bertz CT molecular complexity index is 747.